The molecular formula is C28H32N6O2S. The van der Waals surface area contributed by atoms with E-state index < -0.39 is 6.10 Å². The third-order valence-electron chi connectivity index (χ3n) is 7.06. The van der Waals surface area contributed by atoms with Crippen LogP contribution in [0.15, 0.2) is 78.2 Å². The molecule has 2 atom stereocenters. The van der Waals surface area contributed by atoms with Gasteiger partial charge in [0.2, 0.25) is 0 Å². The number of aliphatic hydroxyl groups is 1. The molecule has 2 unspecified atom stereocenters. The zero-order valence-corrected chi connectivity index (χ0v) is 21.6. The smallest absolute Gasteiger partial charge is 0.162 e. The van der Waals surface area contributed by atoms with Crippen molar-refractivity contribution in [3.63, 3.8) is 0 Å². The van der Waals surface area contributed by atoms with Gasteiger partial charge in [0, 0.05) is 38.5 Å². The van der Waals surface area contributed by atoms with E-state index in [1.165, 1.54) is 11.1 Å². The lowest BCUT2D eigenvalue weighted by molar-refractivity contribution is 0.0708. The van der Waals surface area contributed by atoms with E-state index in [0.717, 1.165) is 48.8 Å². The highest BCUT2D eigenvalue weighted by Crippen LogP contribution is 2.30. The predicted molar refractivity (Wildman–Crippen MR) is 145 cm³/mol. The summed E-state index contributed by atoms with van der Waals surface area (Å²) in [6.45, 7) is 5.96. The molecule has 37 heavy (non-hydrogen) atoms. The molecule has 1 N–H and O–H groups in total. The van der Waals surface area contributed by atoms with E-state index in [4.69, 9.17) is 4.74 Å². The van der Waals surface area contributed by atoms with Crippen molar-refractivity contribution in [2.75, 3.05) is 45.1 Å². The molecule has 2 saturated heterocycles. The van der Waals surface area contributed by atoms with Gasteiger partial charge in [-0.15, -0.1) is 11.8 Å². The number of thioether (sulfide) groups is 1. The Hall–Kier alpha value is -2.82. The van der Waals surface area contributed by atoms with Gasteiger partial charge in [0.25, 0.3) is 0 Å². The largest absolute Gasteiger partial charge is 0.391 e. The fourth-order valence-electron chi connectivity index (χ4n) is 5.10. The van der Waals surface area contributed by atoms with Crippen molar-refractivity contribution in [3.05, 3.63) is 84.3 Å². The van der Waals surface area contributed by atoms with Gasteiger partial charge in [-0.1, -0.05) is 60.7 Å². The number of aliphatic hydroxyl groups excluding tert-OH is 1. The van der Waals surface area contributed by atoms with Crippen LogP contribution in [0.4, 0.5) is 0 Å². The molecule has 2 aromatic carbocycles. The molecule has 2 aliphatic rings. The van der Waals surface area contributed by atoms with Gasteiger partial charge in [0.05, 0.1) is 36.9 Å². The van der Waals surface area contributed by atoms with Crippen LogP contribution in [0, 0.1) is 0 Å². The second kappa shape index (κ2) is 11.3. The maximum absolute atomic E-state index is 10.8. The number of β-amino-alcohol motifs (C(OH)–C–C–N with tert-alkyl or cyclic N) is 1. The topological polar surface area (TPSA) is 82.8 Å². The van der Waals surface area contributed by atoms with E-state index in [1.807, 2.05) is 10.9 Å². The number of piperazine rings is 1. The minimum absolute atomic E-state index is 0.243. The molecule has 0 bridgehead atoms. The minimum Gasteiger partial charge on any atom is -0.391 e. The van der Waals surface area contributed by atoms with Gasteiger partial charge in [-0.2, -0.15) is 5.10 Å². The van der Waals surface area contributed by atoms with Crippen molar-refractivity contribution in [1.82, 2.24) is 29.5 Å². The summed E-state index contributed by atoms with van der Waals surface area (Å²) < 4.78 is 7.21. The highest BCUT2D eigenvalue weighted by Gasteiger charge is 2.27. The molecule has 0 radical (unpaired) electrons. The Morgan fingerprint density at radius 2 is 1.62 bits per heavy atom. The zero-order valence-electron chi connectivity index (χ0n) is 20.8. The first-order valence-electron chi connectivity index (χ1n) is 12.9. The van der Waals surface area contributed by atoms with Crippen LogP contribution in [-0.4, -0.2) is 91.9 Å². The maximum atomic E-state index is 10.8. The summed E-state index contributed by atoms with van der Waals surface area (Å²) in [5.74, 6) is 0.583. The van der Waals surface area contributed by atoms with Crippen molar-refractivity contribution in [3.8, 4) is 0 Å². The van der Waals surface area contributed by atoms with Gasteiger partial charge in [0.15, 0.2) is 5.65 Å². The first-order chi connectivity index (χ1) is 18.2. The Kier molecular flexibility index (Phi) is 7.48. The molecular weight excluding hydrogens is 484 g/mol. The van der Waals surface area contributed by atoms with Crippen molar-refractivity contribution in [1.29, 1.82) is 0 Å². The van der Waals surface area contributed by atoms with E-state index in [0.29, 0.717) is 18.8 Å². The molecule has 6 rings (SSSR count). The molecule has 0 amide bonds. The van der Waals surface area contributed by atoms with Crippen LogP contribution in [0.3, 0.4) is 0 Å². The number of hydrogen-bond acceptors (Lipinski definition) is 8. The average molecular weight is 517 g/mol. The number of aromatic nitrogens is 4. The normalized spacial score (nSPS) is 19.5. The number of ether oxygens (including phenoxy) is 1. The molecule has 0 spiro atoms. The first-order valence-corrected chi connectivity index (χ1v) is 13.9. The lowest BCUT2D eigenvalue weighted by atomic mass is 9.96. The summed E-state index contributed by atoms with van der Waals surface area (Å²) in [4.78, 5) is 13.8. The third kappa shape index (κ3) is 5.86. The van der Waals surface area contributed by atoms with E-state index in [2.05, 4.69) is 85.5 Å². The SMILES string of the molecule is OC(CSc1ncnc2c1cnn2CC1CO1)CN1CCN(C(c2ccccc2)c2ccccc2)CC1. The molecule has 2 aliphatic heterocycles. The number of nitrogens with zero attached hydrogens (tertiary/aromatic N) is 6. The highest BCUT2D eigenvalue weighted by molar-refractivity contribution is 7.99. The monoisotopic (exact) mass is 516 g/mol. The first kappa shape index (κ1) is 24.5. The second-order valence-corrected chi connectivity index (χ2v) is 10.7. The number of fused-ring (bicyclic) bond motifs is 1. The van der Waals surface area contributed by atoms with Crippen molar-refractivity contribution in [2.24, 2.45) is 0 Å². The summed E-state index contributed by atoms with van der Waals surface area (Å²) >= 11 is 1.57. The number of epoxide rings is 1. The molecule has 2 aromatic heterocycles. The van der Waals surface area contributed by atoms with Crippen molar-refractivity contribution in [2.45, 2.75) is 29.8 Å². The lowest BCUT2D eigenvalue weighted by Crippen LogP contribution is -2.49. The Morgan fingerprint density at radius 1 is 0.946 bits per heavy atom. The third-order valence-corrected chi connectivity index (χ3v) is 8.21. The zero-order chi connectivity index (χ0) is 25.0. The van der Waals surface area contributed by atoms with Crippen LogP contribution < -0.4 is 0 Å². The van der Waals surface area contributed by atoms with E-state index in [-0.39, 0.29) is 12.1 Å². The molecule has 8 nitrogen and oxygen atoms in total. The summed E-state index contributed by atoms with van der Waals surface area (Å²) in [6, 6.07) is 21.8. The van der Waals surface area contributed by atoms with Gasteiger partial charge in [0.1, 0.15) is 17.5 Å². The summed E-state index contributed by atoms with van der Waals surface area (Å²) in [6.07, 6.45) is 3.21. The van der Waals surface area contributed by atoms with Crippen LogP contribution in [0.1, 0.15) is 17.2 Å². The van der Waals surface area contributed by atoms with Gasteiger partial charge < -0.3 is 9.84 Å². The quantitative estimate of drug-likeness (QED) is 0.196. The fourth-order valence-corrected chi connectivity index (χ4v) is 5.98. The second-order valence-electron chi connectivity index (χ2n) is 9.72. The van der Waals surface area contributed by atoms with Gasteiger partial charge in [-0.25, -0.2) is 14.6 Å². The molecule has 0 saturated carbocycles. The summed E-state index contributed by atoms with van der Waals surface area (Å²) in [5, 5.41) is 17.1. The Labute approximate surface area is 221 Å². The summed E-state index contributed by atoms with van der Waals surface area (Å²) in [5.41, 5.74) is 3.47. The molecule has 4 aromatic rings. The highest BCUT2D eigenvalue weighted by atomic mass is 32.2. The molecule has 4 heterocycles. The molecule has 192 valence electrons. The Bertz CT molecular complexity index is 1250. The standard InChI is InChI=1S/C28H32N6O2S/c35-23(19-37-28-25-15-31-34(17-24-18-36-24)27(25)29-20-30-28)16-32-11-13-33(14-12-32)26(21-7-3-1-4-8-21)22-9-5-2-6-10-22/h1-10,15,20,23-24,26,35H,11-14,16-19H2. The fraction of sp³-hybridized carbons (Fsp3) is 0.393. The van der Waals surface area contributed by atoms with Crippen LogP contribution in [0.5, 0.6) is 0 Å². The number of benzene rings is 2. The minimum atomic E-state index is -0.435. The molecule has 0 aliphatic carbocycles. The van der Waals surface area contributed by atoms with E-state index >= 15 is 0 Å². The van der Waals surface area contributed by atoms with Crippen LogP contribution in [-0.2, 0) is 11.3 Å². The van der Waals surface area contributed by atoms with E-state index in [9.17, 15) is 5.11 Å². The summed E-state index contributed by atoms with van der Waals surface area (Å²) in [7, 11) is 0. The van der Waals surface area contributed by atoms with E-state index in [1.54, 1.807) is 18.1 Å². The van der Waals surface area contributed by atoms with Crippen LogP contribution >= 0.6 is 11.8 Å². The van der Waals surface area contributed by atoms with Crippen molar-refractivity contribution >= 4 is 22.8 Å². The molecule has 9 heteroatoms. The molecule has 2 fully saturated rings. The maximum Gasteiger partial charge on any atom is 0.162 e. The Morgan fingerprint density at radius 3 is 2.27 bits per heavy atom. The average Bonchev–Trinajstić information content (AvgIpc) is 3.67. The number of rotatable bonds is 10. The lowest BCUT2D eigenvalue weighted by Gasteiger charge is -2.40. The number of hydrogen-bond donors (Lipinski definition) is 1. The van der Waals surface area contributed by atoms with Gasteiger partial charge in [-0.05, 0) is 11.1 Å². The van der Waals surface area contributed by atoms with Gasteiger partial charge >= 0.3 is 0 Å². The van der Waals surface area contributed by atoms with Crippen LogP contribution in [0.2, 0.25) is 0 Å². The Balaban J connectivity index is 1.04. The van der Waals surface area contributed by atoms with Gasteiger partial charge in [-0.3, -0.25) is 9.80 Å². The van der Waals surface area contributed by atoms with Crippen LogP contribution in [0.25, 0.3) is 11.0 Å². The predicted octanol–water partition coefficient (Wildman–Crippen LogP) is 3.09. The van der Waals surface area contributed by atoms with Crippen molar-refractivity contribution < 1.29 is 9.84 Å².